The predicted octanol–water partition coefficient (Wildman–Crippen LogP) is 19.8. The van der Waals surface area contributed by atoms with E-state index < -0.39 is 0 Å². The molecule has 2 aliphatic rings. The fourth-order valence-corrected chi connectivity index (χ4v) is 8.36. The van der Waals surface area contributed by atoms with Crippen LogP contribution < -0.4 is 27.0 Å². The van der Waals surface area contributed by atoms with E-state index in [1.807, 2.05) is 7.05 Å². The minimum absolute atomic E-state index is 0. The van der Waals surface area contributed by atoms with Crippen LogP contribution in [0, 0.1) is 5.92 Å². The van der Waals surface area contributed by atoms with E-state index in [9.17, 15) is 0 Å². The van der Waals surface area contributed by atoms with E-state index in [1.165, 1.54) is 110 Å². The molecule has 2 saturated heterocycles. The van der Waals surface area contributed by atoms with Gasteiger partial charge in [0, 0.05) is 96.7 Å². The second-order valence-corrected chi connectivity index (χ2v) is 32.8. The SMILES string of the molecule is C.CC(C)C.CC(C)N(C)C.CC(C)N(C)C(C)(C)C.CC(C)N1CCCCC1.CC(C)N1CCCCC1.CC(C)NC(C)(C)C.CCCN(C)C(C)C.CCCN(CCN)C(C)C.CCCNC(C)C.CCN(C)C(C)C.CCN(CC)C(C)C.CCNC(C)C.CNC(C)C. The van der Waals surface area contributed by atoms with Crippen LogP contribution in [-0.2, 0) is 0 Å². The molecule has 0 unspecified atom stereocenters. The molecule has 2 fully saturated rings. The molecular weight excluding hydrogens is 1190 g/mol. The molecule has 0 aromatic rings. The zero-order valence-electron chi connectivity index (χ0n) is 76.2. The van der Waals surface area contributed by atoms with E-state index >= 15 is 0 Å². The van der Waals surface area contributed by atoms with Gasteiger partial charge in [-0.3, -0.25) is 9.80 Å². The van der Waals surface area contributed by atoms with Gasteiger partial charge in [0.1, 0.15) is 0 Å². The highest BCUT2D eigenvalue weighted by Crippen LogP contribution is 2.14. The second kappa shape index (κ2) is 84.4. The van der Waals surface area contributed by atoms with Gasteiger partial charge in [-0.15, -0.1) is 0 Å². The van der Waals surface area contributed by atoms with Gasteiger partial charge >= 0.3 is 0 Å². The summed E-state index contributed by atoms with van der Waals surface area (Å²) in [6.07, 6.45) is 12.3. The van der Waals surface area contributed by atoms with Crippen LogP contribution in [-0.4, -0.2) is 250 Å². The molecule has 97 heavy (non-hydrogen) atoms. The minimum atomic E-state index is 0. The van der Waals surface area contributed by atoms with Crippen LogP contribution in [0.4, 0.5) is 0 Å². The first-order valence-electron chi connectivity index (χ1n) is 40.2. The highest BCUT2D eigenvalue weighted by Gasteiger charge is 2.19. The Kier molecular flexibility index (Phi) is 107. The monoisotopic (exact) mass is 1400 g/mol. The van der Waals surface area contributed by atoms with Crippen molar-refractivity contribution in [2.75, 3.05) is 127 Å². The first kappa shape index (κ1) is 123. The zero-order chi connectivity index (χ0) is 78.5. The smallest absolute Gasteiger partial charge is 0.0124 e. The number of piperidine rings is 2. The number of nitrogens with one attached hydrogen (secondary N) is 4. The molecule has 0 amide bonds. The molecule has 0 radical (unpaired) electrons. The summed E-state index contributed by atoms with van der Waals surface area (Å²) in [5, 5.41) is 12.9. The Labute approximate surface area is 622 Å². The molecule has 606 valence electrons. The van der Waals surface area contributed by atoms with E-state index in [1.54, 1.807) is 0 Å². The lowest BCUT2D eigenvalue weighted by atomic mass is 10.1. The van der Waals surface area contributed by atoms with Crippen LogP contribution in [0.1, 0.15) is 342 Å². The summed E-state index contributed by atoms with van der Waals surface area (Å²) in [5.74, 6) is 0.833. The third kappa shape index (κ3) is 123. The molecule has 0 spiro atoms. The van der Waals surface area contributed by atoms with Crippen LogP contribution >= 0.6 is 0 Å². The lowest BCUT2D eigenvalue weighted by Gasteiger charge is -2.35. The third-order valence-electron chi connectivity index (χ3n) is 15.9. The van der Waals surface area contributed by atoms with E-state index in [0.717, 1.165) is 50.7 Å². The van der Waals surface area contributed by atoms with Crippen molar-refractivity contribution in [3.05, 3.63) is 0 Å². The summed E-state index contributed by atoms with van der Waals surface area (Å²) in [5.41, 5.74) is 6.04. The van der Waals surface area contributed by atoms with Gasteiger partial charge in [0.15, 0.2) is 0 Å². The number of hydrogen-bond donors (Lipinski definition) is 5. The maximum absolute atomic E-state index is 5.46. The van der Waals surface area contributed by atoms with Gasteiger partial charge in [0.25, 0.3) is 0 Å². The van der Waals surface area contributed by atoms with Gasteiger partial charge in [-0.05, 0) is 317 Å². The highest BCUT2D eigenvalue weighted by molar-refractivity contribution is 4.75. The Bertz CT molecular complexity index is 1300. The molecule has 6 N–H and O–H groups in total. The van der Waals surface area contributed by atoms with E-state index in [4.69, 9.17) is 5.73 Å². The maximum atomic E-state index is 5.46. The fourth-order valence-electron chi connectivity index (χ4n) is 8.36. The molecular formula is C84H205N13. The lowest BCUT2D eigenvalue weighted by Crippen LogP contribution is -2.42. The summed E-state index contributed by atoms with van der Waals surface area (Å²) in [6.45, 7) is 103. The summed E-state index contributed by atoms with van der Waals surface area (Å²) < 4.78 is 0. The summed E-state index contributed by atoms with van der Waals surface area (Å²) in [7, 11) is 12.5. The largest absolute Gasteiger partial charge is 0.329 e. The van der Waals surface area contributed by atoms with Crippen LogP contribution in [0.2, 0.25) is 0 Å². The molecule has 0 aromatic carbocycles. The number of likely N-dealkylation sites (tertiary alicyclic amines) is 2. The van der Waals surface area contributed by atoms with Crippen LogP contribution in [0.15, 0.2) is 0 Å². The molecule has 2 rings (SSSR count). The fraction of sp³-hybridized carbons (Fsp3) is 1.00. The highest BCUT2D eigenvalue weighted by atomic mass is 15.2. The van der Waals surface area contributed by atoms with E-state index in [-0.39, 0.29) is 13.0 Å². The molecule has 0 aromatic heterocycles. The van der Waals surface area contributed by atoms with Crippen molar-refractivity contribution in [2.45, 2.75) is 426 Å². The quantitative estimate of drug-likeness (QED) is 0.0635. The summed E-state index contributed by atoms with van der Waals surface area (Å²) >= 11 is 0. The van der Waals surface area contributed by atoms with E-state index in [0.29, 0.717) is 66.0 Å². The normalized spacial score (nSPS) is 13.3. The van der Waals surface area contributed by atoms with Crippen molar-refractivity contribution < 1.29 is 0 Å². The Morgan fingerprint density at radius 2 is 0.722 bits per heavy atom. The average molecular weight is 1400 g/mol. The van der Waals surface area contributed by atoms with Gasteiger partial charge < -0.3 is 56.4 Å². The van der Waals surface area contributed by atoms with Gasteiger partial charge in [-0.25, -0.2) is 0 Å². The molecule has 0 atom stereocenters. The lowest BCUT2D eigenvalue weighted by molar-refractivity contribution is 0.136. The van der Waals surface area contributed by atoms with Gasteiger partial charge in [-0.1, -0.05) is 145 Å². The van der Waals surface area contributed by atoms with Gasteiger partial charge in [-0.2, -0.15) is 0 Å². The first-order chi connectivity index (χ1) is 43.9. The molecule has 13 nitrogen and oxygen atoms in total. The zero-order valence-corrected chi connectivity index (χ0v) is 76.2. The van der Waals surface area contributed by atoms with Crippen LogP contribution in [0.3, 0.4) is 0 Å². The molecule has 0 aliphatic carbocycles. The van der Waals surface area contributed by atoms with Gasteiger partial charge in [0.05, 0.1) is 0 Å². The Balaban J connectivity index is -0.0000000811. The topological polar surface area (TPSA) is 100 Å². The van der Waals surface area contributed by atoms with Crippen molar-refractivity contribution in [3.63, 3.8) is 0 Å². The third-order valence-corrected chi connectivity index (χ3v) is 15.9. The van der Waals surface area contributed by atoms with Crippen molar-refractivity contribution in [3.8, 4) is 0 Å². The number of nitrogens with two attached hydrogens (primary N) is 1. The molecule has 2 aliphatic heterocycles. The maximum Gasteiger partial charge on any atom is 0.0124 e. The number of hydrogen-bond acceptors (Lipinski definition) is 13. The molecule has 2 heterocycles. The Morgan fingerprint density at radius 3 is 0.804 bits per heavy atom. The van der Waals surface area contributed by atoms with Crippen LogP contribution in [0.25, 0.3) is 0 Å². The number of rotatable bonds is 24. The van der Waals surface area contributed by atoms with Crippen molar-refractivity contribution in [1.82, 2.24) is 60.5 Å². The summed E-state index contributed by atoms with van der Waals surface area (Å²) in [4.78, 5) is 19.1. The number of nitrogens with zero attached hydrogens (tertiary/aromatic N) is 8. The van der Waals surface area contributed by atoms with Gasteiger partial charge in [0.2, 0.25) is 0 Å². The van der Waals surface area contributed by atoms with Crippen molar-refractivity contribution in [2.24, 2.45) is 11.7 Å². The minimum Gasteiger partial charge on any atom is -0.329 e. The molecule has 13 heteroatoms. The average Bonchev–Trinajstić information content (AvgIpc) is 1.01. The Morgan fingerprint density at radius 1 is 0.392 bits per heavy atom. The van der Waals surface area contributed by atoms with Crippen LogP contribution in [0.5, 0.6) is 0 Å². The van der Waals surface area contributed by atoms with Crippen molar-refractivity contribution >= 4 is 0 Å². The van der Waals surface area contributed by atoms with E-state index in [2.05, 4.69) is 373 Å². The first-order valence-corrected chi connectivity index (χ1v) is 40.2. The second-order valence-electron chi connectivity index (χ2n) is 32.8. The molecule has 0 bridgehead atoms. The predicted molar refractivity (Wildman–Crippen MR) is 460 cm³/mol. The summed E-state index contributed by atoms with van der Waals surface area (Å²) in [6, 6.07) is 8.15. The Hall–Kier alpha value is -0.520. The standard InChI is InChI=1S/C8H20N2.2C8H17N.C8H19N.3C7H17N.2C6H15N.2C5H13N.C4H11N.C4H10.CH4/c1-4-6-10(7-5-9)8(2)3;2*1-8(2)9-6-4-3-5-7-9;1-7(2)9(6)8(3,4)5;1-6(2)8-7(3,4)5;1-5-6-8(4)7(2)3;1-5-8(6-2)7(3)4;1-5-7(4)6(2)3;1-4-5-7-6(2)3;1-5(2)6(3)4;1-4-6-5(2)3;1-4(2)5-3;1-4(2)3;/h8H,4-7,9H2,1-3H3;2*8H,3-7H2,1-2H3;7H,1-6H3;6,8H,1-5H3;2*7H,5-6H2,1-4H3;6H,5H2,1-4H3;6-7H,4-5H2,1-3H3;5H,1-4H3;5-6H,4H2,1-3H3;4-5H,1-3H3;4H,1-3H3;1H4. The van der Waals surface area contributed by atoms with Crippen molar-refractivity contribution in [1.29, 1.82) is 0 Å². The molecule has 0 saturated carbocycles.